The summed E-state index contributed by atoms with van der Waals surface area (Å²) >= 11 is 1.09. The molecule has 0 bridgehead atoms. The van der Waals surface area contributed by atoms with Crippen LogP contribution in [0.3, 0.4) is 0 Å². The average molecular weight is 318 g/mol. The van der Waals surface area contributed by atoms with Crippen molar-refractivity contribution < 1.29 is 18.3 Å². The van der Waals surface area contributed by atoms with Crippen molar-refractivity contribution in [2.24, 2.45) is 5.92 Å². The monoisotopic (exact) mass is 318 g/mol. The molecule has 0 spiro atoms. The molecule has 1 aliphatic rings. The molecule has 20 heavy (non-hydrogen) atoms. The summed E-state index contributed by atoms with van der Waals surface area (Å²) in [6.07, 6.45) is 2.15. The van der Waals surface area contributed by atoms with Crippen molar-refractivity contribution in [1.82, 2.24) is 9.03 Å². The summed E-state index contributed by atoms with van der Waals surface area (Å²) in [4.78, 5) is 11.0. The maximum atomic E-state index is 12.1. The number of carboxylic acids is 1. The quantitative estimate of drug-likeness (QED) is 0.798. The molecule has 1 heterocycles. The molecule has 1 aliphatic carbocycles. The van der Waals surface area contributed by atoms with Gasteiger partial charge in [0.1, 0.15) is 4.88 Å². The van der Waals surface area contributed by atoms with Gasteiger partial charge in [-0.15, -0.1) is 11.3 Å². The molecule has 0 aliphatic heterocycles. The highest BCUT2D eigenvalue weighted by Crippen LogP contribution is 2.35. The maximum absolute atomic E-state index is 12.1. The van der Waals surface area contributed by atoms with Gasteiger partial charge in [-0.1, -0.05) is 0 Å². The highest BCUT2D eigenvalue weighted by molar-refractivity contribution is 7.87. The Kier molecular flexibility index (Phi) is 4.48. The molecule has 0 aromatic carbocycles. The molecule has 1 saturated carbocycles. The molecule has 0 radical (unpaired) electrons. The fourth-order valence-electron chi connectivity index (χ4n) is 1.95. The van der Waals surface area contributed by atoms with E-state index in [1.165, 1.54) is 10.4 Å². The van der Waals surface area contributed by atoms with E-state index >= 15 is 0 Å². The molecule has 1 unspecified atom stereocenters. The first-order valence-corrected chi connectivity index (χ1v) is 8.66. The predicted molar refractivity (Wildman–Crippen MR) is 77.0 cm³/mol. The first-order chi connectivity index (χ1) is 9.31. The molecule has 1 fully saturated rings. The lowest BCUT2D eigenvalue weighted by Gasteiger charge is -2.24. The van der Waals surface area contributed by atoms with E-state index < -0.39 is 16.2 Å². The second-order valence-electron chi connectivity index (χ2n) is 5.04. The SMILES string of the molecule is CC(C1CC1)N(C)S(=O)(=O)NCc1csc(C(=O)O)c1. The molecule has 2 rings (SSSR count). The van der Waals surface area contributed by atoms with Gasteiger partial charge < -0.3 is 5.11 Å². The number of rotatable bonds is 7. The zero-order valence-corrected chi connectivity index (χ0v) is 13.0. The summed E-state index contributed by atoms with van der Waals surface area (Å²) < 4.78 is 28.1. The molecule has 0 saturated heterocycles. The van der Waals surface area contributed by atoms with Crippen molar-refractivity contribution in [2.75, 3.05) is 7.05 Å². The fraction of sp³-hybridized carbons (Fsp3) is 0.583. The largest absolute Gasteiger partial charge is 0.477 e. The minimum Gasteiger partial charge on any atom is -0.477 e. The van der Waals surface area contributed by atoms with Gasteiger partial charge in [0.2, 0.25) is 0 Å². The second kappa shape index (κ2) is 5.80. The molecule has 112 valence electrons. The second-order valence-corrected chi connectivity index (χ2v) is 7.77. The van der Waals surface area contributed by atoms with Gasteiger partial charge in [-0.3, -0.25) is 0 Å². The number of hydrogen-bond acceptors (Lipinski definition) is 4. The van der Waals surface area contributed by atoms with Gasteiger partial charge in [0.15, 0.2) is 0 Å². The highest BCUT2D eigenvalue weighted by Gasteiger charge is 2.35. The smallest absolute Gasteiger partial charge is 0.345 e. The summed E-state index contributed by atoms with van der Waals surface area (Å²) in [6, 6.07) is 1.48. The van der Waals surface area contributed by atoms with Crippen LogP contribution in [0, 0.1) is 5.92 Å². The molecule has 8 heteroatoms. The number of aromatic carboxylic acids is 1. The normalized spacial score (nSPS) is 17.4. The van der Waals surface area contributed by atoms with Crippen LogP contribution in [0.4, 0.5) is 0 Å². The van der Waals surface area contributed by atoms with Gasteiger partial charge in [-0.25, -0.2) is 4.79 Å². The molecule has 1 aromatic heterocycles. The Morgan fingerprint density at radius 3 is 2.75 bits per heavy atom. The minimum absolute atomic E-state index is 0.00967. The highest BCUT2D eigenvalue weighted by atomic mass is 32.2. The van der Waals surface area contributed by atoms with Crippen molar-refractivity contribution in [3.8, 4) is 0 Å². The van der Waals surface area contributed by atoms with Crippen molar-refractivity contribution in [1.29, 1.82) is 0 Å². The number of nitrogens with one attached hydrogen (secondary N) is 1. The van der Waals surface area contributed by atoms with Gasteiger partial charge in [0, 0.05) is 19.6 Å². The minimum atomic E-state index is -3.53. The van der Waals surface area contributed by atoms with Crippen LogP contribution in [0.25, 0.3) is 0 Å². The van der Waals surface area contributed by atoms with Crippen LogP contribution >= 0.6 is 11.3 Å². The van der Waals surface area contributed by atoms with E-state index in [-0.39, 0.29) is 17.5 Å². The molecular formula is C12H18N2O4S2. The zero-order valence-electron chi connectivity index (χ0n) is 11.4. The summed E-state index contributed by atoms with van der Waals surface area (Å²) in [6.45, 7) is 2.01. The van der Waals surface area contributed by atoms with E-state index in [9.17, 15) is 13.2 Å². The maximum Gasteiger partial charge on any atom is 0.345 e. The van der Waals surface area contributed by atoms with Gasteiger partial charge in [0.25, 0.3) is 10.2 Å². The number of nitrogens with zero attached hydrogens (tertiary/aromatic N) is 1. The van der Waals surface area contributed by atoms with Crippen molar-refractivity contribution in [2.45, 2.75) is 32.4 Å². The first-order valence-electron chi connectivity index (χ1n) is 6.34. The van der Waals surface area contributed by atoms with Crippen molar-refractivity contribution in [3.05, 3.63) is 21.9 Å². The van der Waals surface area contributed by atoms with Gasteiger partial charge in [0.05, 0.1) is 0 Å². The summed E-state index contributed by atoms with van der Waals surface area (Å²) in [7, 11) is -1.96. The van der Waals surface area contributed by atoms with E-state index in [4.69, 9.17) is 5.11 Å². The van der Waals surface area contributed by atoms with Crippen LogP contribution in [0.5, 0.6) is 0 Å². The van der Waals surface area contributed by atoms with Gasteiger partial charge in [-0.2, -0.15) is 17.4 Å². The Balaban J connectivity index is 1.95. The van der Waals surface area contributed by atoms with Crippen LogP contribution in [-0.2, 0) is 16.8 Å². The van der Waals surface area contributed by atoms with Crippen molar-refractivity contribution in [3.63, 3.8) is 0 Å². The van der Waals surface area contributed by atoms with E-state index in [0.29, 0.717) is 11.5 Å². The lowest BCUT2D eigenvalue weighted by atomic mass is 10.2. The van der Waals surface area contributed by atoms with Gasteiger partial charge in [-0.05, 0) is 42.7 Å². The van der Waals surface area contributed by atoms with Crippen LogP contribution in [0.15, 0.2) is 11.4 Å². The molecule has 1 aromatic rings. The molecule has 1 atom stereocenters. The van der Waals surface area contributed by atoms with Crippen LogP contribution in [0.1, 0.15) is 35.0 Å². The third kappa shape index (κ3) is 3.57. The van der Waals surface area contributed by atoms with Crippen LogP contribution < -0.4 is 4.72 Å². The summed E-state index contributed by atoms with van der Waals surface area (Å²) in [5.41, 5.74) is 0.656. The average Bonchev–Trinajstić information content (AvgIpc) is 3.12. The topological polar surface area (TPSA) is 86.7 Å². The number of carboxylic acid groups (broad SMARTS) is 1. The Morgan fingerprint density at radius 2 is 2.25 bits per heavy atom. The Hall–Kier alpha value is -0.960. The first kappa shape index (κ1) is 15.4. The van der Waals surface area contributed by atoms with E-state index in [1.54, 1.807) is 12.4 Å². The fourth-order valence-corrected chi connectivity index (χ4v) is 3.86. The number of hydrogen-bond donors (Lipinski definition) is 2. The van der Waals surface area contributed by atoms with Crippen LogP contribution in [-0.4, -0.2) is 36.9 Å². The zero-order chi connectivity index (χ0) is 14.9. The van der Waals surface area contributed by atoms with Crippen molar-refractivity contribution >= 4 is 27.5 Å². The predicted octanol–water partition coefficient (Wildman–Crippen LogP) is 1.51. The molecule has 0 amide bonds. The Labute approximate surface area is 122 Å². The standard InChI is InChI=1S/C12H18N2O4S2/c1-8(10-3-4-10)14(2)20(17,18)13-6-9-5-11(12(15)16)19-7-9/h5,7-8,10,13H,3-4,6H2,1-2H3,(H,15,16). The lowest BCUT2D eigenvalue weighted by molar-refractivity contribution is 0.0702. The molecule has 2 N–H and O–H groups in total. The van der Waals surface area contributed by atoms with Crippen LogP contribution in [0.2, 0.25) is 0 Å². The van der Waals surface area contributed by atoms with E-state index in [2.05, 4.69) is 4.72 Å². The molecular weight excluding hydrogens is 300 g/mol. The lowest BCUT2D eigenvalue weighted by Crippen LogP contribution is -2.43. The third-order valence-corrected chi connectivity index (χ3v) is 6.15. The number of thiophene rings is 1. The number of carbonyl (C=O) groups is 1. The molecule has 6 nitrogen and oxygen atoms in total. The van der Waals surface area contributed by atoms with E-state index in [1.807, 2.05) is 6.92 Å². The Morgan fingerprint density at radius 1 is 1.60 bits per heavy atom. The third-order valence-electron chi connectivity index (χ3n) is 3.58. The Bertz CT molecular complexity index is 592. The summed E-state index contributed by atoms with van der Waals surface area (Å²) in [5, 5.41) is 10.5. The summed E-state index contributed by atoms with van der Waals surface area (Å²) in [5.74, 6) is -0.542. The van der Waals surface area contributed by atoms with E-state index in [0.717, 1.165) is 24.2 Å². The van der Waals surface area contributed by atoms with Gasteiger partial charge >= 0.3 is 5.97 Å².